The zero-order valence-electron chi connectivity index (χ0n) is 23.4. The van der Waals surface area contributed by atoms with Crippen LogP contribution in [0.15, 0.2) is 77.8 Å². The van der Waals surface area contributed by atoms with Crippen LogP contribution in [0, 0.1) is 0 Å². The molecule has 0 spiro atoms. The summed E-state index contributed by atoms with van der Waals surface area (Å²) in [7, 11) is 6.67. The smallest absolute Gasteiger partial charge is 0.180 e. The Labute approximate surface area is 233 Å². The van der Waals surface area contributed by atoms with Gasteiger partial charge in [0.1, 0.15) is 35.6 Å². The number of aromatic nitrogens is 1. The summed E-state index contributed by atoms with van der Waals surface area (Å²) in [5.74, 6) is 3.75. The third-order valence-electron chi connectivity index (χ3n) is 7.48. The highest BCUT2D eigenvalue weighted by Crippen LogP contribution is 2.38. The Morgan fingerprint density at radius 1 is 0.650 bits per heavy atom. The largest absolute Gasteiger partial charge is 0.497 e. The predicted molar refractivity (Wildman–Crippen MR) is 159 cm³/mol. The molecule has 1 aromatic heterocycles. The van der Waals surface area contributed by atoms with Crippen LogP contribution in [0.4, 0.5) is 0 Å². The molecule has 0 saturated carbocycles. The average molecular weight is 537 g/mol. The van der Waals surface area contributed by atoms with E-state index in [9.17, 15) is 0 Å². The average Bonchev–Trinajstić information content (AvgIpc) is 3.56. The first kappa shape index (κ1) is 25.6. The summed E-state index contributed by atoms with van der Waals surface area (Å²) in [6, 6.07) is 25.2. The maximum absolute atomic E-state index is 5.67. The predicted octanol–water partition coefficient (Wildman–Crippen LogP) is 6.98. The Kier molecular flexibility index (Phi) is 6.72. The molecule has 1 unspecified atom stereocenters. The van der Waals surface area contributed by atoms with Crippen molar-refractivity contribution in [1.82, 2.24) is 4.57 Å². The van der Waals surface area contributed by atoms with Gasteiger partial charge >= 0.3 is 0 Å². The maximum atomic E-state index is 5.67. The molecule has 0 amide bonds. The Bertz CT molecular complexity index is 1600. The minimum atomic E-state index is 0.0726. The van der Waals surface area contributed by atoms with E-state index in [1.807, 2.05) is 43.3 Å². The SMILES string of the molecule is COc1cc(OC)cc(-c2ccc3c(c2)c2cc(-c4cc(OC)cc(OC)c4)ccc2n3CC2COC(C)=N2)c1. The highest BCUT2D eigenvalue weighted by atomic mass is 16.5. The fourth-order valence-corrected chi connectivity index (χ4v) is 5.46. The van der Waals surface area contributed by atoms with Crippen LogP contribution in [0.25, 0.3) is 44.1 Å². The first-order valence-electron chi connectivity index (χ1n) is 13.2. The fraction of sp³-hybridized carbons (Fsp3) is 0.242. The number of methoxy groups -OCH3 is 4. The van der Waals surface area contributed by atoms with Gasteiger partial charge in [0.05, 0.1) is 28.4 Å². The lowest BCUT2D eigenvalue weighted by Gasteiger charge is -2.12. The van der Waals surface area contributed by atoms with Gasteiger partial charge in [-0.05, 0) is 70.8 Å². The molecule has 0 fully saturated rings. The van der Waals surface area contributed by atoms with Gasteiger partial charge in [0, 0.05) is 47.4 Å². The van der Waals surface area contributed by atoms with E-state index in [1.54, 1.807) is 28.4 Å². The molecule has 204 valence electrons. The van der Waals surface area contributed by atoms with Gasteiger partial charge in [-0.25, -0.2) is 4.99 Å². The molecule has 40 heavy (non-hydrogen) atoms. The van der Waals surface area contributed by atoms with Gasteiger partial charge in [-0.15, -0.1) is 0 Å². The van der Waals surface area contributed by atoms with Gasteiger partial charge in [-0.2, -0.15) is 0 Å². The van der Waals surface area contributed by atoms with Crippen molar-refractivity contribution in [3.63, 3.8) is 0 Å². The van der Waals surface area contributed by atoms with E-state index in [0.29, 0.717) is 6.61 Å². The number of hydrogen-bond acceptors (Lipinski definition) is 6. The summed E-state index contributed by atoms with van der Waals surface area (Å²) < 4.78 is 30.2. The molecule has 0 radical (unpaired) electrons. The van der Waals surface area contributed by atoms with Crippen molar-refractivity contribution < 1.29 is 23.7 Å². The van der Waals surface area contributed by atoms with Crippen molar-refractivity contribution in [3.05, 3.63) is 72.8 Å². The van der Waals surface area contributed by atoms with Gasteiger partial charge in [-0.1, -0.05) is 12.1 Å². The Morgan fingerprint density at radius 2 is 1.10 bits per heavy atom. The van der Waals surface area contributed by atoms with Crippen molar-refractivity contribution in [2.75, 3.05) is 35.0 Å². The van der Waals surface area contributed by atoms with Crippen LogP contribution in [0.3, 0.4) is 0 Å². The molecule has 0 N–H and O–H groups in total. The van der Waals surface area contributed by atoms with Crippen molar-refractivity contribution >= 4 is 27.7 Å². The second kappa shape index (κ2) is 10.5. The zero-order chi connectivity index (χ0) is 27.8. The number of nitrogens with zero attached hydrogens (tertiary/aromatic N) is 2. The molecule has 5 aromatic rings. The van der Waals surface area contributed by atoms with Crippen LogP contribution in [0.1, 0.15) is 6.92 Å². The molecule has 6 rings (SSSR count). The zero-order valence-corrected chi connectivity index (χ0v) is 23.4. The summed E-state index contributed by atoms with van der Waals surface area (Å²) in [5.41, 5.74) is 6.50. The lowest BCUT2D eigenvalue weighted by molar-refractivity contribution is 0.305. The third kappa shape index (κ3) is 4.68. The molecule has 7 heteroatoms. The number of ether oxygens (including phenoxy) is 5. The summed E-state index contributed by atoms with van der Waals surface area (Å²) in [5, 5.41) is 2.32. The number of aliphatic imine (C=N–C) groups is 1. The minimum Gasteiger partial charge on any atom is -0.497 e. The number of benzene rings is 4. The van der Waals surface area contributed by atoms with Crippen molar-refractivity contribution in [2.45, 2.75) is 19.5 Å². The number of rotatable bonds is 8. The van der Waals surface area contributed by atoms with Crippen molar-refractivity contribution in [3.8, 4) is 45.3 Å². The molecule has 0 saturated heterocycles. The molecule has 1 atom stereocenters. The van der Waals surface area contributed by atoms with Crippen LogP contribution in [-0.2, 0) is 11.3 Å². The lowest BCUT2D eigenvalue weighted by atomic mass is 9.99. The second-order valence-electron chi connectivity index (χ2n) is 9.89. The molecular formula is C33H32N2O5. The topological polar surface area (TPSA) is 63.4 Å². The van der Waals surface area contributed by atoms with Gasteiger partial charge in [0.15, 0.2) is 5.90 Å². The van der Waals surface area contributed by atoms with Gasteiger partial charge in [0.25, 0.3) is 0 Å². The summed E-state index contributed by atoms with van der Waals surface area (Å²) in [6.45, 7) is 3.24. The first-order chi connectivity index (χ1) is 19.5. The fourth-order valence-electron chi connectivity index (χ4n) is 5.46. The van der Waals surface area contributed by atoms with Gasteiger partial charge < -0.3 is 28.3 Å². The monoisotopic (exact) mass is 536 g/mol. The van der Waals surface area contributed by atoms with Gasteiger partial charge in [0.2, 0.25) is 0 Å². The van der Waals surface area contributed by atoms with E-state index in [0.717, 1.165) is 79.5 Å². The number of fused-ring (bicyclic) bond motifs is 3. The van der Waals surface area contributed by atoms with Crippen LogP contribution >= 0.6 is 0 Å². The lowest BCUT2D eigenvalue weighted by Crippen LogP contribution is -2.15. The Hall–Kier alpha value is -4.65. The highest BCUT2D eigenvalue weighted by Gasteiger charge is 2.21. The molecule has 1 aliphatic rings. The first-order valence-corrected chi connectivity index (χ1v) is 13.2. The quantitative estimate of drug-likeness (QED) is 0.214. The van der Waals surface area contributed by atoms with Crippen molar-refractivity contribution in [2.24, 2.45) is 4.99 Å². The van der Waals surface area contributed by atoms with Crippen LogP contribution in [0.2, 0.25) is 0 Å². The van der Waals surface area contributed by atoms with E-state index >= 15 is 0 Å². The highest BCUT2D eigenvalue weighted by molar-refractivity contribution is 6.10. The molecule has 4 aromatic carbocycles. The minimum absolute atomic E-state index is 0.0726. The molecule has 2 heterocycles. The van der Waals surface area contributed by atoms with Crippen molar-refractivity contribution in [1.29, 1.82) is 0 Å². The van der Waals surface area contributed by atoms with E-state index in [1.165, 1.54) is 0 Å². The number of hydrogen-bond donors (Lipinski definition) is 0. The summed E-state index contributed by atoms with van der Waals surface area (Å²) >= 11 is 0. The Balaban J connectivity index is 1.55. The summed E-state index contributed by atoms with van der Waals surface area (Å²) in [4.78, 5) is 4.70. The molecule has 0 bridgehead atoms. The van der Waals surface area contributed by atoms with E-state index in [-0.39, 0.29) is 6.04 Å². The maximum Gasteiger partial charge on any atom is 0.180 e. The van der Waals surface area contributed by atoms with Gasteiger partial charge in [-0.3, -0.25) is 0 Å². The van der Waals surface area contributed by atoms with Crippen LogP contribution < -0.4 is 18.9 Å². The van der Waals surface area contributed by atoms with E-state index < -0.39 is 0 Å². The van der Waals surface area contributed by atoms with E-state index in [2.05, 4.69) is 41.0 Å². The summed E-state index contributed by atoms with van der Waals surface area (Å²) in [6.07, 6.45) is 0. The second-order valence-corrected chi connectivity index (χ2v) is 9.89. The normalized spacial score (nSPS) is 14.7. The standard InChI is InChI=1S/C33H32N2O5/c1-20-34-25(19-40-20)18-35-32-8-6-21(23-10-26(36-2)16-27(11-23)37-3)14-30(32)31-15-22(7-9-33(31)35)24-12-28(38-4)17-29(13-24)39-5/h6-17,25H,18-19H2,1-5H3. The molecular weight excluding hydrogens is 504 g/mol. The molecule has 1 aliphatic heterocycles. The molecule has 7 nitrogen and oxygen atoms in total. The third-order valence-corrected chi connectivity index (χ3v) is 7.48. The van der Waals surface area contributed by atoms with Crippen LogP contribution in [0.5, 0.6) is 23.0 Å². The van der Waals surface area contributed by atoms with Crippen LogP contribution in [-0.4, -0.2) is 51.6 Å². The van der Waals surface area contributed by atoms with E-state index in [4.69, 9.17) is 28.7 Å². The molecule has 0 aliphatic carbocycles. The Morgan fingerprint density at radius 3 is 1.48 bits per heavy atom.